The van der Waals surface area contributed by atoms with E-state index in [0.717, 1.165) is 25.6 Å². The van der Waals surface area contributed by atoms with Crippen molar-refractivity contribution < 1.29 is 14.3 Å². The second kappa shape index (κ2) is 13.1. The Labute approximate surface area is 249 Å². The number of rotatable bonds is 9. The van der Waals surface area contributed by atoms with E-state index in [-0.39, 0.29) is 30.4 Å². The maximum absolute atomic E-state index is 13.8. The Kier molecular flexibility index (Phi) is 10.4. The molecular formula is C32H38Br2N2O3. The van der Waals surface area contributed by atoms with Crippen molar-refractivity contribution in [1.29, 1.82) is 0 Å². The molecule has 1 atom stereocenters. The lowest BCUT2D eigenvalue weighted by Crippen LogP contribution is -2.55. The summed E-state index contributed by atoms with van der Waals surface area (Å²) in [4.78, 5) is 29.1. The summed E-state index contributed by atoms with van der Waals surface area (Å²) in [6.45, 7) is 12.3. The fourth-order valence-electron chi connectivity index (χ4n) is 4.10. The number of carbonyl (C=O) groups excluding carboxylic acids is 2. The number of nitrogens with zero attached hydrogens (tertiary/aromatic N) is 1. The second-order valence-electron chi connectivity index (χ2n) is 11.8. The number of carbonyl (C=O) groups is 2. The zero-order chi connectivity index (χ0) is 28.8. The van der Waals surface area contributed by atoms with Crippen molar-refractivity contribution in [3.8, 4) is 5.75 Å². The van der Waals surface area contributed by atoms with Gasteiger partial charge in [0.05, 0.1) is 4.47 Å². The number of hydrogen-bond acceptors (Lipinski definition) is 3. The number of ether oxygens (including phenoxy) is 1. The molecule has 0 radical (unpaired) electrons. The zero-order valence-electron chi connectivity index (χ0n) is 23.6. The third-order valence-corrected chi connectivity index (χ3v) is 7.33. The molecule has 5 nitrogen and oxygen atoms in total. The molecule has 0 heterocycles. The van der Waals surface area contributed by atoms with Gasteiger partial charge in [0.2, 0.25) is 5.91 Å². The largest absolute Gasteiger partial charge is 0.483 e. The molecule has 1 unspecified atom stereocenters. The van der Waals surface area contributed by atoms with Crippen molar-refractivity contribution in [1.82, 2.24) is 10.2 Å². The summed E-state index contributed by atoms with van der Waals surface area (Å²) in [6.07, 6.45) is 0.384. The lowest BCUT2D eigenvalue weighted by atomic mass is 9.87. The molecule has 3 aromatic rings. The summed E-state index contributed by atoms with van der Waals surface area (Å²) in [7, 11) is 0. The number of amides is 2. The average Bonchev–Trinajstić information content (AvgIpc) is 2.85. The summed E-state index contributed by atoms with van der Waals surface area (Å²) >= 11 is 7.07. The van der Waals surface area contributed by atoms with Crippen LogP contribution in [-0.4, -0.2) is 34.9 Å². The van der Waals surface area contributed by atoms with Gasteiger partial charge in [-0.1, -0.05) is 85.2 Å². The van der Waals surface area contributed by atoms with Gasteiger partial charge in [0.25, 0.3) is 5.91 Å². The number of benzene rings is 3. The van der Waals surface area contributed by atoms with E-state index >= 15 is 0 Å². The summed E-state index contributed by atoms with van der Waals surface area (Å²) in [5.74, 6) is 0.112. The topological polar surface area (TPSA) is 58.6 Å². The SMILES string of the molecule is CC(C)(C)NC(=O)C(Cc1ccccc1)N(Cc1ccc(Br)cc1)C(=O)COc1ccc(C(C)(C)C)cc1Br. The van der Waals surface area contributed by atoms with Gasteiger partial charge in [-0.25, -0.2) is 0 Å². The standard InChI is InChI=1S/C32H38Br2N2O3/c1-31(2,3)24-14-17-28(26(34)19-24)39-21-29(37)36(20-23-12-15-25(33)16-13-23)27(30(38)35-32(4,5)6)18-22-10-8-7-9-11-22/h7-17,19,27H,18,20-21H2,1-6H3,(H,35,38). The first-order valence-corrected chi connectivity index (χ1v) is 14.6. The van der Waals surface area contributed by atoms with E-state index in [0.29, 0.717) is 12.2 Å². The van der Waals surface area contributed by atoms with Crippen LogP contribution >= 0.6 is 31.9 Å². The molecule has 3 aromatic carbocycles. The molecule has 0 bridgehead atoms. The van der Waals surface area contributed by atoms with E-state index in [4.69, 9.17) is 4.74 Å². The summed E-state index contributed by atoms with van der Waals surface area (Å²) in [5.41, 5.74) is 2.59. The molecule has 39 heavy (non-hydrogen) atoms. The van der Waals surface area contributed by atoms with E-state index in [1.165, 1.54) is 0 Å². The van der Waals surface area contributed by atoms with Crippen LogP contribution in [0.2, 0.25) is 0 Å². The summed E-state index contributed by atoms with van der Waals surface area (Å²) < 4.78 is 7.74. The summed E-state index contributed by atoms with van der Waals surface area (Å²) in [5, 5.41) is 3.08. The molecule has 3 rings (SSSR count). The lowest BCUT2D eigenvalue weighted by Gasteiger charge is -2.33. The first-order valence-electron chi connectivity index (χ1n) is 13.1. The third kappa shape index (κ3) is 9.50. The van der Waals surface area contributed by atoms with Gasteiger partial charge in [0.15, 0.2) is 6.61 Å². The van der Waals surface area contributed by atoms with Gasteiger partial charge in [-0.15, -0.1) is 0 Å². The molecule has 7 heteroatoms. The highest BCUT2D eigenvalue weighted by Gasteiger charge is 2.32. The van der Waals surface area contributed by atoms with E-state index in [1.54, 1.807) is 4.90 Å². The van der Waals surface area contributed by atoms with Crippen LogP contribution in [-0.2, 0) is 28.0 Å². The third-order valence-electron chi connectivity index (χ3n) is 6.18. The molecule has 0 fully saturated rings. The fourth-order valence-corrected chi connectivity index (χ4v) is 4.86. The monoisotopic (exact) mass is 656 g/mol. The molecule has 2 amide bonds. The predicted octanol–water partition coefficient (Wildman–Crippen LogP) is 7.44. The minimum atomic E-state index is -0.724. The van der Waals surface area contributed by atoms with Gasteiger partial charge in [-0.3, -0.25) is 9.59 Å². The van der Waals surface area contributed by atoms with Crippen molar-refractivity contribution in [3.63, 3.8) is 0 Å². The highest BCUT2D eigenvalue weighted by molar-refractivity contribution is 9.10. The van der Waals surface area contributed by atoms with E-state index in [9.17, 15) is 9.59 Å². The Morgan fingerprint density at radius 3 is 2.08 bits per heavy atom. The van der Waals surface area contributed by atoms with Crippen LogP contribution in [0.25, 0.3) is 0 Å². The molecule has 1 N–H and O–H groups in total. The van der Waals surface area contributed by atoms with Crippen LogP contribution in [0.15, 0.2) is 81.7 Å². The van der Waals surface area contributed by atoms with E-state index in [2.05, 4.69) is 57.9 Å². The Morgan fingerprint density at radius 2 is 1.51 bits per heavy atom. The molecule has 0 aromatic heterocycles. The van der Waals surface area contributed by atoms with E-state index < -0.39 is 11.6 Å². The summed E-state index contributed by atoms with van der Waals surface area (Å²) in [6, 6.07) is 22.7. The number of halogens is 2. The quantitative estimate of drug-likeness (QED) is 0.260. The smallest absolute Gasteiger partial charge is 0.261 e. The molecule has 0 saturated carbocycles. The average molecular weight is 658 g/mol. The molecular weight excluding hydrogens is 620 g/mol. The second-order valence-corrected chi connectivity index (χ2v) is 13.5. The van der Waals surface area contributed by atoms with Gasteiger partial charge in [-0.05, 0) is 83.1 Å². The number of hydrogen-bond donors (Lipinski definition) is 1. The fraction of sp³-hybridized carbons (Fsp3) is 0.375. The van der Waals surface area contributed by atoms with Crippen molar-refractivity contribution in [2.45, 2.75) is 71.5 Å². The van der Waals surface area contributed by atoms with Gasteiger partial charge in [0.1, 0.15) is 11.8 Å². The van der Waals surface area contributed by atoms with E-state index in [1.807, 2.05) is 93.6 Å². The molecule has 0 aliphatic carbocycles. The maximum atomic E-state index is 13.8. The lowest BCUT2D eigenvalue weighted by molar-refractivity contribution is -0.143. The maximum Gasteiger partial charge on any atom is 0.261 e. The molecule has 208 valence electrons. The Morgan fingerprint density at radius 1 is 0.872 bits per heavy atom. The van der Waals surface area contributed by atoms with Crippen LogP contribution < -0.4 is 10.1 Å². The Hall–Kier alpha value is -2.64. The molecule has 0 aliphatic rings. The highest BCUT2D eigenvalue weighted by Crippen LogP contribution is 2.31. The zero-order valence-corrected chi connectivity index (χ0v) is 26.7. The normalized spacial score (nSPS) is 12.5. The minimum Gasteiger partial charge on any atom is -0.483 e. The molecule has 0 aliphatic heterocycles. The van der Waals surface area contributed by atoms with Crippen LogP contribution in [0.4, 0.5) is 0 Å². The molecule has 0 saturated heterocycles. The van der Waals surface area contributed by atoms with Crippen molar-refractivity contribution in [2.75, 3.05) is 6.61 Å². The van der Waals surface area contributed by atoms with Gasteiger partial charge >= 0.3 is 0 Å². The van der Waals surface area contributed by atoms with Gasteiger partial charge in [0, 0.05) is 23.0 Å². The van der Waals surface area contributed by atoms with Crippen molar-refractivity contribution in [2.24, 2.45) is 0 Å². The van der Waals surface area contributed by atoms with Crippen LogP contribution in [0.3, 0.4) is 0 Å². The van der Waals surface area contributed by atoms with Crippen molar-refractivity contribution in [3.05, 3.63) is 98.4 Å². The predicted molar refractivity (Wildman–Crippen MR) is 165 cm³/mol. The molecule has 0 spiro atoms. The van der Waals surface area contributed by atoms with Crippen LogP contribution in [0.5, 0.6) is 5.75 Å². The highest BCUT2D eigenvalue weighted by atomic mass is 79.9. The first kappa shape index (κ1) is 30.9. The Balaban J connectivity index is 1.92. The Bertz CT molecular complexity index is 1260. The van der Waals surface area contributed by atoms with Gasteiger partial charge < -0.3 is 15.0 Å². The van der Waals surface area contributed by atoms with Crippen LogP contribution in [0, 0.1) is 0 Å². The van der Waals surface area contributed by atoms with Gasteiger partial charge in [-0.2, -0.15) is 0 Å². The number of nitrogens with one attached hydrogen (secondary N) is 1. The first-order chi connectivity index (χ1) is 18.2. The minimum absolute atomic E-state index is 0.0105. The van der Waals surface area contributed by atoms with Crippen molar-refractivity contribution >= 4 is 43.7 Å². The van der Waals surface area contributed by atoms with Crippen LogP contribution in [0.1, 0.15) is 58.2 Å².